The smallest absolute Gasteiger partial charge is 0.328 e. The monoisotopic (exact) mass is 170 g/mol. The first kappa shape index (κ1) is 10.2. The van der Waals surface area contributed by atoms with Crippen molar-refractivity contribution < 1.29 is 9.90 Å². The van der Waals surface area contributed by atoms with Crippen molar-refractivity contribution in [1.82, 2.24) is 0 Å². The largest absolute Gasteiger partial charge is 0.478 e. The molecule has 0 atom stereocenters. The van der Waals surface area contributed by atoms with E-state index in [9.17, 15) is 4.79 Å². The van der Waals surface area contributed by atoms with Gasteiger partial charge in [-0.3, -0.25) is 0 Å². The molecule has 0 unspecified atom stereocenters. The Hall–Kier alpha value is -0.833. The van der Waals surface area contributed by atoms with E-state index >= 15 is 0 Å². The molecule has 1 N–H and O–H groups in total. The van der Waals surface area contributed by atoms with Crippen LogP contribution in [0, 0.1) is 0 Å². The summed E-state index contributed by atoms with van der Waals surface area (Å²) in [6, 6.07) is 0. The van der Waals surface area contributed by atoms with Gasteiger partial charge in [0.15, 0.2) is 0 Å². The molecule has 2 nitrogen and oxygen atoms in total. The molecule has 0 radical (unpaired) electrons. The zero-order valence-corrected chi connectivity index (χ0v) is 8.22. The van der Waals surface area contributed by atoms with E-state index in [-0.39, 0.29) is 0 Å². The fourth-order valence-electron chi connectivity index (χ4n) is 0.715. The molecule has 0 amide bonds. The van der Waals surface area contributed by atoms with Crippen molar-refractivity contribution in [1.29, 1.82) is 0 Å². The van der Waals surface area contributed by atoms with Crippen LogP contribution in [0.4, 0.5) is 0 Å². The standard InChI is InChI=1S/C8H14O2Si/c1-5-7(6-8(9)10)11(2,3)4/h5-6H,1H2,2-4H3,(H,9,10)/b7-6-. The van der Waals surface area contributed by atoms with E-state index in [4.69, 9.17) is 5.11 Å². The zero-order chi connectivity index (χ0) is 9.07. The van der Waals surface area contributed by atoms with Crippen molar-refractivity contribution >= 4 is 14.0 Å². The fraction of sp³-hybridized carbons (Fsp3) is 0.375. The molecule has 0 bridgehead atoms. The van der Waals surface area contributed by atoms with Crippen LogP contribution >= 0.6 is 0 Å². The maximum absolute atomic E-state index is 10.3. The predicted molar refractivity (Wildman–Crippen MR) is 49.3 cm³/mol. The normalized spacial score (nSPS) is 12.8. The minimum Gasteiger partial charge on any atom is -0.478 e. The number of carboxylic acids is 1. The summed E-state index contributed by atoms with van der Waals surface area (Å²) in [6.45, 7) is 9.84. The third kappa shape index (κ3) is 3.78. The Morgan fingerprint density at radius 2 is 1.91 bits per heavy atom. The van der Waals surface area contributed by atoms with Gasteiger partial charge in [-0.2, -0.15) is 0 Å². The summed E-state index contributed by atoms with van der Waals surface area (Å²) < 4.78 is 0. The molecular weight excluding hydrogens is 156 g/mol. The second-order valence-electron chi connectivity index (χ2n) is 3.39. The molecule has 0 rings (SSSR count). The van der Waals surface area contributed by atoms with Gasteiger partial charge in [0.2, 0.25) is 0 Å². The van der Waals surface area contributed by atoms with Gasteiger partial charge >= 0.3 is 5.97 Å². The van der Waals surface area contributed by atoms with E-state index in [1.807, 2.05) is 0 Å². The first-order valence-corrected chi connectivity index (χ1v) is 6.95. The van der Waals surface area contributed by atoms with Gasteiger partial charge in [-0.25, -0.2) is 4.79 Å². The lowest BCUT2D eigenvalue weighted by atomic mass is 10.5. The van der Waals surface area contributed by atoms with Crippen LogP contribution in [0.25, 0.3) is 0 Å². The molecule has 0 aliphatic heterocycles. The molecule has 0 fully saturated rings. The Morgan fingerprint density at radius 3 is 2.00 bits per heavy atom. The molecule has 0 heterocycles. The van der Waals surface area contributed by atoms with E-state index < -0.39 is 14.0 Å². The van der Waals surface area contributed by atoms with E-state index in [0.717, 1.165) is 5.20 Å². The Kier molecular flexibility index (Phi) is 3.26. The highest BCUT2D eigenvalue weighted by Crippen LogP contribution is 2.14. The van der Waals surface area contributed by atoms with Gasteiger partial charge in [-0.05, 0) is 0 Å². The van der Waals surface area contributed by atoms with Crippen LogP contribution in [0.3, 0.4) is 0 Å². The third-order valence-electron chi connectivity index (χ3n) is 1.36. The minimum absolute atomic E-state index is 0.880. The van der Waals surface area contributed by atoms with E-state index in [2.05, 4.69) is 26.2 Å². The Balaban J connectivity index is 4.68. The van der Waals surface area contributed by atoms with E-state index in [1.165, 1.54) is 6.08 Å². The number of hydrogen-bond acceptors (Lipinski definition) is 1. The average molecular weight is 170 g/mol. The number of rotatable bonds is 3. The van der Waals surface area contributed by atoms with Crippen LogP contribution in [0.1, 0.15) is 0 Å². The first-order valence-electron chi connectivity index (χ1n) is 3.45. The first-order chi connectivity index (χ1) is 4.88. The van der Waals surface area contributed by atoms with Gasteiger partial charge in [0.25, 0.3) is 0 Å². The van der Waals surface area contributed by atoms with Gasteiger partial charge in [-0.15, -0.1) is 0 Å². The number of carboxylic acid groups (broad SMARTS) is 1. The molecule has 0 aromatic heterocycles. The van der Waals surface area contributed by atoms with Crippen molar-refractivity contribution in [3.05, 3.63) is 23.9 Å². The number of carbonyl (C=O) groups is 1. The van der Waals surface area contributed by atoms with E-state index in [0.29, 0.717) is 0 Å². The second kappa shape index (κ2) is 3.53. The molecular formula is C8H14O2Si. The average Bonchev–Trinajstić information content (AvgIpc) is 1.79. The summed E-state index contributed by atoms with van der Waals surface area (Å²) in [7, 11) is -1.49. The Morgan fingerprint density at radius 1 is 1.45 bits per heavy atom. The van der Waals surface area contributed by atoms with Crippen LogP contribution in [0.2, 0.25) is 19.6 Å². The Bertz CT molecular complexity index is 199. The number of hydrogen-bond donors (Lipinski definition) is 1. The fourth-order valence-corrected chi connectivity index (χ4v) is 1.88. The summed E-state index contributed by atoms with van der Waals surface area (Å²) in [5.41, 5.74) is 0. The summed E-state index contributed by atoms with van der Waals surface area (Å²) in [5, 5.41) is 9.36. The topological polar surface area (TPSA) is 37.3 Å². The molecule has 0 aromatic carbocycles. The van der Waals surface area contributed by atoms with Crippen LogP contribution < -0.4 is 0 Å². The maximum Gasteiger partial charge on any atom is 0.328 e. The molecule has 0 spiro atoms. The summed E-state index contributed by atoms with van der Waals surface area (Å²) >= 11 is 0. The SMILES string of the molecule is C=C/C(=C/C(=O)O)[Si](C)(C)C. The highest BCUT2D eigenvalue weighted by Gasteiger charge is 2.17. The Labute approximate surface area is 68.3 Å². The van der Waals surface area contributed by atoms with Crippen LogP contribution in [-0.4, -0.2) is 19.1 Å². The summed E-state index contributed by atoms with van der Waals surface area (Å²) in [4.78, 5) is 10.3. The lowest BCUT2D eigenvalue weighted by Crippen LogP contribution is -2.23. The van der Waals surface area contributed by atoms with Gasteiger partial charge in [0, 0.05) is 6.08 Å². The molecule has 3 heteroatoms. The molecule has 0 saturated carbocycles. The van der Waals surface area contributed by atoms with Crippen molar-refractivity contribution in [3.63, 3.8) is 0 Å². The molecule has 0 saturated heterocycles. The number of aliphatic carboxylic acids is 1. The van der Waals surface area contributed by atoms with Crippen LogP contribution in [-0.2, 0) is 4.79 Å². The zero-order valence-electron chi connectivity index (χ0n) is 7.22. The third-order valence-corrected chi connectivity index (χ3v) is 3.45. The summed E-state index contributed by atoms with van der Waals surface area (Å²) in [5.74, 6) is -0.887. The van der Waals surface area contributed by atoms with Gasteiger partial charge < -0.3 is 5.11 Å². The van der Waals surface area contributed by atoms with Gasteiger partial charge in [0.1, 0.15) is 0 Å². The van der Waals surface area contributed by atoms with Crippen LogP contribution in [0.15, 0.2) is 23.9 Å². The molecule has 0 aliphatic rings. The lowest BCUT2D eigenvalue weighted by Gasteiger charge is -2.16. The highest BCUT2D eigenvalue weighted by molar-refractivity contribution is 6.83. The van der Waals surface area contributed by atoms with Crippen molar-refractivity contribution in [2.75, 3.05) is 0 Å². The maximum atomic E-state index is 10.3. The summed E-state index contributed by atoms with van der Waals surface area (Å²) in [6.07, 6.45) is 2.89. The van der Waals surface area contributed by atoms with Gasteiger partial charge in [0.05, 0.1) is 8.07 Å². The van der Waals surface area contributed by atoms with Crippen molar-refractivity contribution in [2.45, 2.75) is 19.6 Å². The molecule has 62 valence electrons. The molecule has 0 aliphatic carbocycles. The molecule has 0 aromatic rings. The predicted octanol–water partition coefficient (Wildman–Crippen LogP) is 2.06. The van der Waals surface area contributed by atoms with Crippen molar-refractivity contribution in [2.24, 2.45) is 0 Å². The molecule has 11 heavy (non-hydrogen) atoms. The van der Waals surface area contributed by atoms with Crippen LogP contribution in [0.5, 0.6) is 0 Å². The quantitative estimate of drug-likeness (QED) is 0.400. The van der Waals surface area contributed by atoms with E-state index in [1.54, 1.807) is 6.08 Å². The second-order valence-corrected chi connectivity index (χ2v) is 8.47. The highest BCUT2D eigenvalue weighted by atomic mass is 28.3. The minimum atomic E-state index is -1.49. The number of allylic oxidation sites excluding steroid dienone is 2. The van der Waals surface area contributed by atoms with Crippen molar-refractivity contribution in [3.8, 4) is 0 Å². The lowest BCUT2D eigenvalue weighted by molar-refractivity contribution is -0.131. The van der Waals surface area contributed by atoms with Gasteiger partial charge in [-0.1, -0.05) is 37.5 Å².